The first kappa shape index (κ1) is 19.7. The second-order valence-electron chi connectivity index (χ2n) is 7.51. The Bertz CT molecular complexity index is 1120. The van der Waals surface area contributed by atoms with Crippen LogP contribution in [0.5, 0.6) is 5.75 Å². The zero-order valence-electron chi connectivity index (χ0n) is 16.0. The second-order valence-corrected chi connectivity index (χ2v) is 7.51. The first-order valence-corrected chi connectivity index (χ1v) is 8.91. The number of alkyl halides is 3. The SMILES string of the molecule is CC1(C)Cc2cnc(N)nc2-c2[nH]nc(C(=O)Nc3ccc(OC(F)(F)F)cc3)c21. The van der Waals surface area contributed by atoms with Crippen molar-refractivity contribution in [1.29, 1.82) is 0 Å². The van der Waals surface area contributed by atoms with Crippen molar-refractivity contribution in [3.63, 3.8) is 0 Å². The number of nitrogen functional groups attached to an aromatic ring is 1. The average molecular weight is 418 g/mol. The lowest BCUT2D eigenvalue weighted by Crippen LogP contribution is -2.29. The molecule has 0 radical (unpaired) electrons. The topological polar surface area (TPSA) is 119 Å². The number of hydrogen-bond donors (Lipinski definition) is 3. The third kappa shape index (κ3) is 3.65. The number of aromatic nitrogens is 4. The Kier molecular flexibility index (Phi) is 4.40. The van der Waals surface area contributed by atoms with Gasteiger partial charge in [0.25, 0.3) is 5.91 Å². The number of ether oxygens (including phenoxy) is 1. The van der Waals surface area contributed by atoms with Gasteiger partial charge in [-0.15, -0.1) is 13.2 Å². The molecule has 0 atom stereocenters. The van der Waals surface area contributed by atoms with Gasteiger partial charge in [-0.1, -0.05) is 13.8 Å². The van der Waals surface area contributed by atoms with E-state index in [1.54, 1.807) is 6.20 Å². The van der Waals surface area contributed by atoms with Crippen LogP contribution in [-0.4, -0.2) is 32.4 Å². The number of fused-ring (bicyclic) bond motifs is 3. The van der Waals surface area contributed by atoms with E-state index in [9.17, 15) is 18.0 Å². The Hall–Kier alpha value is -3.63. The van der Waals surface area contributed by atoms with Crippen LogP contribution in [0.4, 0.5) is 24.8 Å². The number of H-pyrrole nitrogens is 1. The summed E-state index contributed by atoms with van der Waals surface area (Å²) < 4.78 is 40.7. The van der Waals surface area contributed by atoms with Crippen molar-refractivity contribution in [3.8, 4) is 17.1 Å². The molecule has 4 rings (SSSR count). The molecule has 0 saturated heterocycles. The van der Waals surface area contributed by atoms with E-state index in [4.69, 9.17) is 5.73 Å². The second kappa shape index (κ2) is 6.71. The molecule has 8 nitrogen and oxygen atoms in total. The van der Waals surface area contributed by atoms with Crippen LogP contribution in [0, 0.1) is 0 Å². The van der Waals surface area contributed by atoms with Crippen LogP contribution in [0.2, 0.25) is 0 Å². The van der Waals surface area contributed by atoms with Crippen molar-refractivity contribution in [1.82, 2.24) is 20.2 Å². The van der Waals surface area contributed by atoms with E-state index < -0.39 is 17.7 Å². The van der Waals surface area contributed by atoms with Crippen LogP contribution in [0.1, 0.15) is 35.5 Å². The van der Waals surface area contributed by atoms with E-state index >= 15 is 0 Å². The zero-order valence-corrected chi connectivity index (χ0v) is 16.0. The molecule has 2 heterocycles. The third-order valence-electron chi connectivity index (χ3n) is 4.76. The monoisotopic (exact) mass is 418 g/mol. The van der Waals surface area contributed by atoms with Gasteiger partial charge in [0.05, 0.1) is 11.4 Å². The minimum absolute atomic E-state index is 0.112. The highest BCUT2D eigenvalue weighted by atomic mass is 19.4. The molecule has 0 aliphatic heterocycles. The van der Waals surface area contributed by atoms with Gasteiger partial charge in [-0.25, -0.2) is 9.97 Å². The Balaban J connectivity index is 1.63. The molecule has 3 aromatic rings. The number of amides is 1. The number of aromatic amines is 1. The van der Waals surface area contributed by atoms with Crippen molar-refractivity contribution < 1.29 is 22.7 Å². The van der Waals surface area contributed by atoms with E-state index in [0.29, 0.717) is 29.1 Å². The predicted octanol–water partition coefficient (Wildman–Crippen LogP) is 3.43. The number of hydrogen-bond acceptors (Lipinski definition) is 6. The highest BCUT2D eigenvalue weighted by Crippen LogP contribution is 2.42. The van der Waals surface area contributed by atoms with Crippen LogP contribution in [0.3, 0.4) is 0 Å². The number of nitrogens with one attached hydrogen (secondary N) is 2. The molecule has 11 heteroatoms. The average Bonchev–Trinajstić information content (AvgIpc) is 3.10. The Morgan fingerprint density at radius 2 is 1.97 bits per heavy atom. The van der Waals surface area contributed by atoms with Crippen LogP contribution in [0.15, 0.2) is 30.5 Å². The number of rotatable bonds is 3. The van der Waals surface area contributed by atoms with Crippen LogP contribution >= 0.6 is 0 Å². The van der Waals surface area contributed by atoms with E-state index in [1.807, 2.05) is 13.8 Å². The molecular weight excluding hydrogens is 401 g/mol. The molecule has 4 N–H and O–H groups in total. The lowest BCUT2D eigenvalue weighted by molar-refractivity contribution is -0.274. The van der Waals surface area contributed by atoms with Gasteiger partial charge in [0.15, 0.2) is 5.69 Å². The van der Waals surface area contributed by atoms with Crippen molar-refractivity contribution in [2.45, 2.75) is 32.0 Å². The largest absolute Gasteiger partial charge is 0.573 e. The lowest BCUT2D eigenvalue weighted by atomic mass is 9.73. The fourth-order valence-electron chi connectivity index (χ4n) is 3.60. The third-order valence-corrected chi connectivity index (χ3v) is 4.76. The molecule has 156 valence electrons. The van der Waals surface area contributed by atoms with E-state index in [2.05, 4.69) is 30.2 Å². The van der Waals surface area contributed by atoms with Gasteiger partial charge in [0, 0.05) is 17.4 Å². The highest BCUT2D eigenvalue weighted by Gasteiger charge is 2.38. The number of carbonyl (C=O) groups excluding carboxylic acids is 1. The Morgan fingerprint density at radius 1 is 1.27 bits per heavy atom. The van der Waals surface area contributed by atoms with Gasteiger partial charge in [-0.2, -0.15) is 5.10 Å². The first-order valence-electron chi connectivity index (χ1n) is 8.91. The van der Waals surface area contributed by atoms with Gasteiger partial charge in [-0.05, 0) is 41.7 Å². The standard InChI is InChI=1S/C19H17F3N6O2/c1-18(2)7-9-8-24-17(23)26-13(9)14-12(18)15(28-27-14)16(29)25-10-3-5-11(6-4-10)30-19(20,21)22/h3-6,8H,7H2,1-2H3,(H,25,29)(H,27,28)(H2,23,24,26). The summed E-state index contributed by atoms with van der Waals surface area (Å²) in [7, 11) is 0. The van der Waals surface area contributed by atoms with Crippen LogP contribution in [0.25, 0.3) is 11.4 Å². The lowest BCUT2D eigenvalue weighted by Gasteiger charge is -2.31. The number of nitrogens with zero attached hydrogens (tertiary/aromatic N) is 3. The van der Waals surface area contributed by atoms with Gasteiger partial charge in [0.1, 0.15) is 5.75 Å². The fourth-order valence-corrected chi connectivity index (χ4v) is 3.60. The van der Waals surface area contributed by atoms with Gasteiger partial charge in [-0.3, -0.25) is 9.89 Å². The molecule has 1 aliphatic carbocycles. The van der Waals surface area contributed by atoms with Crippen molar-refractivity contribution in [3.05, 3.63) is 47.3 Å². The minimum atomic E-state index is -4.78. The van der Waals surface area contributed by atoms with E-state index in [-0.39, 0.29) is 17.4 Å². The van der Waals surface area contributed by atoms with E-state index in [1.165, 1.54) is 12.1 Å². The number of nitrogens with two attached hydrogens (primary N) is 1. The maximum atomic E-state index is 12.9. The molecule has 1 aliphatic rings. The maximum Gasteiger partial charge on any atom is 0.573 e. The summed E-state index contributed by atoms with van der Waals surface area (Å²) in [5, 5.41) is 9.68. The minimum Gasteiger partial charge on any atom is -0.406 e. The highest BCUT2D eigenvalue weighted by molar-refractivity contribution is 6.05. The predicted molar refractivity (Wildman–Crippen MR) is 102 cm³/mol. The molecule has 2 aromatic heterocycles. The van der Waals surface area contributed by atoms with Crippen LogP contribution < -0.4 is 15.8 Å². The molecule has 0 unspecified atom stereocenters. The smallest absolute Gasteiger partial charge is 0.406 e. The molecule has 30 heavy (non-hydrogen) atoms. The number of carbonyl (C=O) groups is 1. The first-order chi connectivity index (χ1) is 14.0. The summed E-state index contributed by atoms with van der Waals surface area (Å²) in [5.74, 6) is -0.774. The summed E-state index contributed by atoms with van der Waals surface area (Å²) >= 11 is 0. The normalized spacial score (nSPS) is 14.6. The quantitative estimate of drug-likeness (QED) is 0.600. The van der Waals surface area contributed by atoms with Gasteiger partial charge >= 0.3 is 6.36 Å². The summed E-state index contributed by atoms with van der Waals surface area (Å²) in [5.41, 5.74) is 8.50. The molecule has 1 amide bonds. The maximum absolute atomic E-state index is 12.9. The van der Waals surface area contributed by atoms with E-state index in [0.717, 1.165) is 17.7 Å². The molecular formula is C19H17F3N6O2. The Morgan fingerprint density at radius 3 is 2.63 bits per heavy atom. The molecule has 0 saturated carbocycles. The zero-order chi connectivity index (χ0) is 21.7. The molecule has 1 aromatic carbocycles. The summed E-state index contributed by atoms with van der Waals surface area (Å²) in [4.78, 5) is 21.2. The molecule has 0 fully saturated rings. The molecule has 0 spiro atoms. The number of anilines is 2. The summed E-state index contributed by atoms with van der Waals surface area (Å²) in [6.07, 6.45) is -2.54. The van der Waals surface area contributed by atoms with Crippen molar-refractivity contribution >= 4 is 17.5 Å². The number of benzene rings is 1. The summed E-state index contributed by atoms with van der Waals surface area (Å²) in [6.45, 7) is 3.95. The van der Waals surface area contributed by atoms with Gasteiger partial charge in [0.2, 0.25) is 5.95 Å². The number of halogens is 3. The van der Waals surface area contributed by atoms with Crippen molar-refractivity contribution in [2.24, 2.45) is 0 Å². The van der Waals surface area contributed by atoms with Gasteiger partial charge < -0.3 is 15.8 Å². The molecule has 0 bridgehead atoms. The summed E-state index contributed by atoms with van der Waals surface area (Å²) in [6, 6.07) is 4.85. The van der Waals surface area contributed by atoms with Crippen LogP contribution in [-0.2, 0) is 11.8 Å². The Labute approximate surface area is 168 Å². The van der Waals surface area contributed by atoms with Crippen molar-refractivity contribution in [2.75, 3.05) is 11.1 Å². The fraction of sp³-hybridized carbons (Fsp3) is 0.263.